The minimum Gasteiger partial charge on any atom is -0.507 e. The van der Waals surface area contributed by atoms with Crippen LogP contribution in [0.5, 0.6) is 5.75 Å². The van der Waals surface area contributed by atoms with Crippen LogP contribution < -0.4 is 0 Å². The summed E-state index contributed by atoms with van der Waals surface area (Å²) in [6.07, 6.45) is 2.20. The molecule has 1 atom stereocenters. The molecule has 1 amide bonds. The van der Waals surface area contributed by atoms with Crippen LogP contribution in [0.25, 0.3) is 0 Å². The number of aromatic hydroxyl groups is 1. The molecule has 0 bridgehead atoms. The minimum atomic E-state index is -0.127. The second-order valence-electron chi connectivity index (χ2n) is 6.89. The van der Waals surface area contributed by atoms with E-state index in [0.717, 1.165) is 29.7 Å². The maximum atomic E-state index is 13.1. The van der Waals surface area contributed by atoms with Gasteiger partial charge in [0.25, 0.3) is 0 Å². The molecule has 2 aromatic rings. The third-order valence-electron chi connectivity index (χ3n) is 5.11. The predicted molar refractivity (Wildman–Crippen MR) is 104 cm³/mol. The van der Waals surface area contributed by atoms with E-state index >= 15 is 0 Å². The van der Waals surface area contributed by atoms with Gasteiger partial charge in [0.1, 0.15) is 5.75 Å². The molecule has 1 heterocycles. The first kappa shape index (κ1) is 18.2. The van der Waals surface area contributed by atoms with Gasteiger partial charge in [0.15, 0.2) is 0 Å². The van der Waals surface area contributed by atoms with E-state index in [1.807, 2.05) is 38.1 Å². The van der Waals surface area contributed by atoms with E-state index in [2.05, 4.69) is 24.2 Å². The van der Waals surface area contributed by atoms with E-state index in [4.69, 9.17) is 0 Å². The summed E-state index contributed by atoms with van der Waals surface area (Å²) in [6, 6.07) is 15.3. The van der Waals surface area contributed by atoms with Crippen molar-refractivity contribution in [3.63, 3.8) is 0 Å². The Kier molecular flexibility index (Phi) is 5.40. The zero-order chi connectivity index (χ0) is 18.7. The molecule has 1 N–H and O–H groups in total. The van der Waals surface area contributed by atoms with Crippen molar-refractivity contribution in [1.82, 2.24) is 5.01 Å². The van der Waals surface area contributed by atoms with Crippen molar-refractivity contribution in [3.8, 4) is 5.75 Å². The van der Waals surface area contributed by atoms with E-state index in [0.29, 0.717) is 12.0 Å². The van der Waals surface area contributed by atoms with Crippen molar-refractivity contribution >= 4 is 11.6 Å². The lowest BCUT2D eigenvalue weighted by Gasteiger charge is -2.25. The van der Waals surface area contributed by atoms with Gasteiger partial charge in [-0.05, 0) is 37.5 Å². The number of hydrazone groups is 1. The van der Waals surface area contributed by atoms with Crippen LogP contribution >= 0.6 is 0 Å². The number of nitrogens with zero attached hydrogens (tertiary/aromatic N) is 2. The van der Waals surface area contributed by atoms with Crippen molar-refractivity contribution < 1.29 is 9.90 Å². The molecule has 4 nitrogen and oxygen atoms in total. The van der Waals surface area contributed by atoms with Gasteiger partial charge >= 0.3 is 0 Å². The highest BCUT2D eigenvalue weighted by atomic mass is 16.3. The van der Waals surface area contributed by atoms with Gasteiger partial charge in [0.2, 0.25) is 5.91 Å². The maximum Gasteiger partial charge on any atom is 0.246 e. The number of para-hydroxylation sites is 1. The zero-order valence-electron chi connectivity index (χ0n) is 15.6. The molecule has 0 aromatic heterocycles. The van der Waals surface area contributed by atoms with Crippen molar-refractivity contribution in [2.45, 2.75) is 46.1 Å². The Morgan fingerprint density at radius 2 is 1.92 bits per heavy atom. The highest BCUT2D eigenvalue weighted by Crippen LogP contribution is 2.36. The minimum absolute atomic E-state index is 0.0326. The van der Waals surface area contributed by atoms with Gasteiger partial charge in [0, 0.05) is 17.9 Å². The summed E-state index contributed by atoms with van der Waals surface area (Å²) < 4.78 is 0. The zero-order valence-corrected chi connectivity index (χ0v) is 15.6. The first-order valence-corrected chi connectivity index (χ1v) is 9.30. The highest BCUT2D eigenvalue weighted by Gasteiger charge is 2.35. The van der Waals surface area contributed by atoms with Gasteiger partial charge in [0.05, 0.1) is 11.8 Å². The lowest BCUT2D eigenvalue weighted by atomic mass is 9.95. The Morgan fingerprint density at radius 1 is 1.19 bits per heavy atom. The number of carbonyl (C=O) groups is 1. The Bertz CT molecular complexity index is 824. The summed E-state index contributed by atoms with van der Waals surface area (Å²) in [6.45, 7) is 6.13. The molecule has 1 aliphatic heterocycles. The van der Waals surface area contributed by atoms with E-state index < -0.39 is 0 Å². The molecule has 1 aliphatic rings. The molecule has 0 saturated heterocycles. The number of hydrogen-bond donors (Lipinski definition) is 1. The van der Waals surface area contributed by atoms with E-state index in [1.165, 1.54) is 0 Å². The van der Waals surface area contributed by atoms with Gasteiger partial charge in [-0.2, -0.15) is 5.10 Å². The predicted octanol–water partition coefficient (Wildman–Crippen LogP) is 4.81. The number of carbonyl (C=O) groups excluding carboxylic acids is 1. The maximum absolute atomic E-state index is 13.1. The summed E-state index contributed by atoms with van der Waals surface area (Å²) in [5.41, 5.74) is 3.70. The molecule has 136 valence electrons. The van der Waals surface area contributed by atoms with Crippen LogP contribution in [-0.2, 0) is 4.79 Å². The summed E-state index contributed by atoms with van der Waals surface area (Å²) >= 11 is 0. The number of amides is 1. The molecule has 0 saturated carbocycles. The Balaban J connectivity index is 2.01. The first-order chi connectivity index (χ1) is 12.5. The van der Waals surface area contributed by atoms with Crippen LogP contribution in [0.3, 0.4) is 0 Å². The topological polar surface area (TPSA) is 52.9 Å². The molecule has 0 unspecified atom stereocenters. The number of rotatable bonds is 5. The average Bonchev–Trinajstić information content (AvgIpc) is 3.08. The third-order valence-corrected chi connectivity index (χ3v) is 5.11. The molecule has 3 rings (SSSR count). The quantitative estimate of drug-likeness (QED) is 0.841. The van der Waals surface area contributed by atoms with E-state index in [1.54, 1.807) is 17.1 Å². The van der Waals surface area contributed by atoms with Crippen molar-refractivity contribution in [2.24, 2.45) is 11.0 Å². The van der Waals surface area contributed by atoms with Gasteiger partial charge < -0.3 is 5.11 Å². The molecule has 26 heavy (non-hydrogen) atoms. The van der Waals surface area contributed by atoms with Crippen molar-refractivity contribution in [2.75, 3.05) is 0 Å². The van der Waals surface area contributed by atoms with Gasteiger partial charge in [-0.3, -0.25) is 4.79 Å². The van der Waals surface area contributed by atoms with Crippen LogP contribution in [0.15, 0.2) is 53.6 Å². The Morgan fingerprint density at radius 3 is 2.58 bits per heavy atom. The van der Waals surface area contributed by atoms with Crippen molar-refractivity contribution in [3.05, 3.63) is 65.2 Å². The van der Waals surface area contributed by atoms with Crippen LogP contribution in [0, 0.1) is 12.8 Å². The van der Waals surface area contributed by atoms with Crippen LogP contribution in [0.1, 0.15) is 55.8 Å². The summed E-state index contributed by atoms with van der Waals surface area (Å²) in [7, 11) is 0. The number of hydrogen-bond acceptors (Lipinski definition) is 3. The normalized spacial score (nSPS) is 16.8. The standard InChI is InChI=1S/C22H26N2O2/c1-4-16(5-2)22(26)24-20(17-10-8-9-15(3)13-17)14-19(23-24)18-11-6-7-12-21(18)25/h6-13,16,20,25H,4-5,14H2,1-3H3/t20-/m1/s1. The lowest BCUT2D eigenvalue weighted by Crippen LogP contribution is -2.32. The number of phenolic OH excluding ortho intramolecular Hbond substituents is 1. The smallest absolute Gasteiger partial charge is 0.246 e. The molecule has 0 aliphatic carbocycles. The average molecular weight is 350 g/mol. The number of aryl methyl sites for hydroxylation is 1. The molecular formula is C22H26N2O2. The second-order valence-corrected chi connectivity index (χ2v) is 6.89. The summed E-state index contributed by atoms with van der Waals surface area (Å²) in [4.78, 5) is 13.1. The third kappa shape index (κ3) is 3.50. The number of phenols is 1. The fraction of sp³-hybridized carbons (Fsp3) is 0.364. The fourth-order valence-corrected chi connectivity index (χ4v) is 3.56. The molecule has 4 heteroatoms. The van der Waals surface area contributed by atoms with Gasteiger partial charge in [-0.15, -0.1) is 0 Å². The first-order valence-electron chi connectivity index (χ1n) is 9.30. The Labute approximate surface area is 155 Å². The molecule has 0 radical (unpaired) electrons. The molecular weight excluding hydrogens is 324 g/mol. The lowest BCUT2D eigenvalue weighted by molar-refractivity contribution is -0.137. The highest BCUT2D eigenvalue weighted by molar-refractivity contribution is 6.05. The molecule has 0 fully saturated rings. The van der Waals surface area contributed by atoms with E-state index in [-0.39, 0.29) is 23.6 Å². The Hall–Kier alpha value is -2.62. The SMILES string of the molecule is CCC(CC)C(=O)N1N=C(c2ccccc2O)C[C@@H]1c1cccc(C)c1. The second kappa shape index (κ2) is 7.73. The van der Waals surface area contributed by atoms with Gasteiger partial charge in [-0.1, -0.05) is 55.8 Å². The fourth-order valence-electron chi connectivity index (χ4n) is 3.56. The largest absolute Gasteiger partial charge is 0.507 e. The van der Waals surface area contributed by atoms with Crippen LogP contribution in [-0.4, -0.2) is 21.7 Å². The molecule has 2 aromatic carbocycles. The van der Waals surface area contributed by atoms with Crippen LogP contribution in [0.2, 0.25) is 0 Å². The van der Waals surface area contributed by atoms with Crippen LogP contribution in [0.4, 0.5) is 0 Å². The summed E-state index contributed by atoms with van der Waals surface area (Å²) in [5.74, 6) is 0.229. The van der Waals surface area contributed by atoms with Gasteiger partial charge in [-0.25, -0.2) is 5.01 Å². The summed E-state index contributed by atoms with van der Waals surface area (Å²) in [5, 5.41) is 16.5. The number of benzene rings is 2. The van der Waals surface area contributed by atoms with Crippen molar-refractivity contribution in [1.29, 1.82) is 0 Å². The van der Waals surface area contributed by atoms with E-state index in [9.17, 15) is 9.90 Å². The monoisotopic (exact) mass is 350 g/mol. The molecule has 0 spiro atoms.